The monoisotopic (exact) mass is 274 g/mol. The van der Waals surface area contributed by atoms with Gasteiger partial charge in [-0.05, 0) is 13.5 Å². The molecule has 0 spiro atoms. The Morgan fingerprint density at radius 2 is 2.05 bits per heavy atom. The van der Waals surface area contributed by atoms with Crippen LogP contribution in [0.15, 0.2) is 34.9 Å². The highest BCUT2D eigenvalue weighted by Crippen LogP contribution is 2.20. The molecule has 0 aliphatic carbocycles. The zero-order valence-corrected chi connectivity index (χ0v) is 11.7. The van der Waals surface area contributed by atoms with Crippen molar-refractivity contribution in [3.63, 3.8) is 0 Å². The molecule has 1 N–H and O–H groups in total. The van der Waals surface area contributed by atoms with E-state index in [4.69, 9.17) is 9.63 Å². The van der Waals surface area contributed by atoms with Crippen molar-refractivity contribution in [1.29, 1.82) is 0 Å². The Balaban J connectivity index is 2.08. The van der Waals surface area contributed by atoms with Crippen LogP contribution in [-0.2, 0) is 11.3 Å². The average molecular weight is 274 g/mol. The molecule has 0 aliphatic rings. The van der Waals surface area contributed by atoms with E-state index in [0.717, 1.165) is 11.3 Å². The van der Waals surface area contributed by atoms with Crippen LogP contribution in [0.5, 0.6) is 0 Å². The van der Waals surface area contributed by atoms with Crippen molar-refractivity contribution in [2.45, 2.75) is 20.4 Å². The first kappa shape index (κ1) is 14.3. The van der Waals surface area contributed by atoms with Gasteiger partial charge in [-0.2, -0.15) is 0 Å². The van der Waals surface area contributed by atoms with Gasteiger partial charge in [0.2, 0.25) is 0 Å². The molecular weight excluding hydrogens is 256 g/mol. The molecule has 0 atom stereocenters. The highest BCUT2D eigenvalue weighted by atomic mass is 16.5. The number of likely N-dealkylation sites (N-methyl/N-ethyl adjacent to an activating group) is 1. The molecule has 0 saturated heterocycles. The molecule has 2 aromatic rings. The summed E-state index contributed by atoms with van der Waals surface area (Å²) in [5.41, 5.74) is 2.95. The molecule has 2 rings (SSSR count). The molecular formula is C15H18N2O3. The molecule has 0 amide bonds. The second-order valence-corrected chi connectivity index (χ2v) is 4.74. The summed E-state index contributed by atoms with van der Waals surface area (Å²) < 4.78 is 5.28. The molecule has 0 aliphatic heterocycles. The van der Waals surface area contributed by atoms with Crippen LogP contribution < -0.4 is 0 Å². The van der Waals surface area contributed by atoms with Gasteiger partial charge < -0.3 is 9.63 Å². The fourth-order valence-electron chi connectivity index (χ4n) is 1.94. The van der Waals surface area contributed by atoms with Gasteiger partial charge in [-0.15, -0.1) is 0 Å². The lowest BCUT2D eigenvalue weighted by Gasteiger charge is -2.15. The molecule has 20 heavy (non-hydrogen) atoms. The number of carboxylic acids is 1. The van der Waals surface area contributed by atoms with Crippen molar-refractivity contribution in [2.75, 3.05) is 13.1 Å². The van der Waals surface area contributed by atoms with Crippen molar-refractivity contribution in [1.82, 2.24) is 10.1 Å². The average Bonchev–Trinajstić information content (AvgIpc) is 2.87. The summed E-state index contributed by atoms with van der Waals surface area (Å²) in [4.78, 5) is 12.5. The van der Waals surface area contributed by atoms with Gasteiger partial charge in [0.25, 0.3) is 0 Å². The minimum Gasteiger partial charge on any atom is -0.480 e. The molecule has 1 heterocycles. The van der Waals surface area contributed by atoms with Crippen molar-refractivity contribution < 1.29 is 14.4 Å². The Morgan fingerprint density at radius 3 is 2.65 bits per heavy atom. The number of rotatable bonds is 6. The Morgan fingerprint density at radius 1 is 1.35 bits per heavy atom. The third kappa shape index (κ3) is 3.68. The van der Waals surface area contributed by atoms with Crippen LogP contribution in [-0.4, -0.2) is 34.2 Å². The van der Waals surface area contributed by atoms with E-state index < -0.39 is 5.97 Å². The van der Waals surface area contributed by atoms with Crippen molar-refractivity contribution in [2.24, 2.45) is 0 Å². The van der Waals surface area contributed by atoms with Gasteiger partial charge in [0.05, 0.1) is 13.1 Å². The molecule has 0 fully saturated rings. The topological polar surface area (TPSA) is 66.6 Å². The van der Waals surface area contributed by atoms with Gasteiger partial charge in [0.15, 0.2) is 5.76 Å². The highest BCUT2D eigenvalue weighted by molar-refractivity contribution is 5.69. The molecule has 5 heteroatoms. The summed E-state index contributed by atoms with van der Waals surface area (Å²) in [5.74, 6) is -0.172. The summed E-state index contributed by atoms with van der Waals surface area (Å²) in [6.07, 6.45) is 0. The van der Waals surface area contributed by atoms with E-state index in [1.54, 1.807) is 4.90 Å². The van der Waals surface area contributed by atoms with Gasteiger partial charge in [-0.1, -0.05) is 41.9 Å². The van der Waals surface area contributed by atoms with E-state index in [9.17, 15) is 4.79 Å². The van der Waals surface area contributed by atoms with Crippen LogP contribution in [0.3, 0.4) is 0 Å². The second kappa shape index (κ2) is 6.34. The van der Waals surface area contributed by atoms with Gasteiger partial charge in [-0.25, -0.2) is 0 Å². The SMILES string of the molecule is CCN(CC(=O)O)Cc1cc(-c2ccc(C)cc2)no1. The Kier molecular flexibility index (Phi) is 4.53. The van der Waals surface area contributed by atoms with E-state index in [-0.39, 0.29) is 6.54 Å². The smallest absolute Gasteiger partial charge is 0.317 e. The van der Waals surface area contributed by atoms with Crippen LogP contribution in [0, 0.1) is 6.92 Å². The molecule has 0 bridgehead atoms. The second-order valence-electron chi connectivity index (χ2n) is 4.74. The fraction of sp³-hybridized carbons (Fsp3) is 0.333. The summed E-state index contributed by atoms with van der Waals surface area (Å²) in [6, 6.07) is 9.88. The number of carbonyl (C=O) groups is 1. The largest absolute Gasteiger partial charge is 0.480 e. The number of aryl methyl sites for hydroxylation is 1. The quantitative estimate of drug-likeness (QED) is 0.876. The van der Waals surface area contributed by atoms with Crippen molar-refractivity contribution >= 4 is 5.97 Å². The summed E-state index contributed by atoms with van der Waals surface area (Å²) in [5, 5.41) is 12.8. The number of hydrogen-bond donors (Lipinski definition) is 1. The van der Waals surface area contributed by atoms with Gasteiger partial charge in [-0.3, -0.25) is 9.69 Å². The lowest BCUT2D eigenvalue weighted by Crippen LogP contribution is -2.28. The lowest BCUT2D eigenvalue weighted by atomic mass is 10.1. The van der Waals surface area contributed by atoms with E-state index in [1.165, 1.54) is 5.56 Å². The summed E-state index contributed by atoms with van der Waals surface area (Å²) in [7, 11) is 0. The van der Waals surface area contributed by atoms with Crippen LogP contribution in [0.2, 0.25) is 0 Å². The lowest BCUT2D eigenvalue weighted by molar-refractivity contribution is -0.138. The van der Waals surface area contributed by atoms with Gasteiger partial charge in [0.1, 0.15) is 5.69 Å². The molecule has 0 radical (unpaired) electrons. The first-order chi connectivity index (χ1) is 9.58. The number of nitrogens with zero attached hydrogens (tertiary/aromatic N) is 2. The highest BCUT2D eigenvalue weighted by Gasteiger charge is 2.12. The number of benzene rings is 1. The maximum absolute atomic E-state index is 10.7. The molecule has 1 aromatic heterocycles. The fourth-order valence-corrected chi connectivity index (χ4v) is 1.94. The van der Waals surface area contributed by atoms with Crippen molar-refractivity contribution in [3.8, 4) is 11.3 Å². The van der Waals surface area contributed by atoms with Gasteiger partial charge >= 0.3 is 5.97 Å². The first-order valence-electron chi connectivity index (χ1n) is 6.55. The summed E-state index contributed by atoms with van der Waals surface area (Å²) >= 11 is 0. The molecule has 5 nitrogen and oxygen atoms in total. The maximum Gasteiger partial charge on any atom is 0.317 e. The summed E-state index contributed by atoms with van der Waals surface area (Å²) in [6.45, 7) is 5.04. The Hall–Kier alpha value is -2.14. The zero-order valence-electron chi connectivity index (χ0n) is 11.7. The predicted molar refractivity (Wildman–Crippen MR) is 75.3 cm³/mol. The third-order valence-corrected chi connectivity index (χ3v) is 3.09. The van der Waals surface area contributed by atoms with Gasteiger partial charge in [0, 0.05) is 11.6 Å². The van der Waals surface area contributed by atoms with Crippen LogP contribution in [0.25, 0.3) is 11.3 Å². The number of aromatic nitrogens is 1. The molecule has 106 valence electrons. The standard InChI is InChI=1S/C15H18N2O3/c1-3-17(10-15(18)19)9-13-8-14(16-20-13)12-6-4-11(2)5-7-12/h4-8H,3,9-10H2,1-2H3,(H,18,19). The van der Waals surface area contributed by atoms with E-state index in [0.29, 0.717) is 18.8 Å². The van der Waals surface area contributed by atoms with E-state index in [1.807, 2.05) is 44.2 Å². The molecule has 0 saturated carbocycles. The van der Waals surface area contributed by atoms with E-state index >= 15 is 0 Å². The first-order valence-corrected chi connectivity index (χ1v) is 6.55. The van der Waals surface area contributed by atoms with Crippen LogP contribution in [0.1, 0.15) is 18.2 Å². The predicted octanol–water partition coefficient (Wildman–Crippen LogP) is 2.56. The molecule has 1 aromatic carbocycles. The number of hydrogen-bond acceptors (Lipinski definition) is 4. The number of carboxylic acid groups (broad SMARTS) is 1. The number of aliphatic carboxylic acids is 1. The zero-order chi connectivity index (χ0) is 14.5. The van der Waals surface area contributed by atoms with Crippen LogP contribution >= 0.6 is 0 Å². The Bertz CT molecular complexity index is 575. The van der Waals surface area contributed by atoms with Crippen LogP contribution in [0.4, 0.5) is 0 Å². The Labute approximate surface area is 117 Å². The minimum absolute atomic E-state index is 0.00291. The minimum atomic E-state index is -0.842. The van der Waals surface area contributed by atoms with Crippen molar-refractivity contribution in [3.05, 3.63) is 41.7 Å². The third-order valence-electron chi connectivity index (χ3n) is 3.09. The maximum atomic E-state index is 10.7. The normalized spacial score (nSPS) is 10.9. The van der Waals surface area contributed by atoms with E-state index in [2.05, 4.69) is 5.16 Å². The molecule has 0 unspecified atom stereocenters.